The normalized spacial score (nSPS) is 29.5. The van der Waals surface area contributed by atoms with Gasteiger partial charge in [0.15, 0.2) is 6.29 Å². The highest BCUT2D eigenvalue weighted by Gasteiger charge is 2.34. The number of rotatable bonds is 4. The van der Waals surface area contributed by atoms with Gasteiger partial charge in [0.05, 0.1) is 19.3 Å². The standard InChI is InChI=1S/C12H16O4/c13-7-11-10(6-12(14)16-11)15-8-9-4-2-1-3-5-9/h1-5,10-14H,6-8H2/t10-,11+,12-/m0/s1. The average Bonchev–Trinajstić information content (AvgIpc) is 2.68. The van der Waals surface area contributed by atoms with E-state index >= 15 is 0 Å². The molecule has 0 bridgehead atoms. The molecule has 1 saturated heterocycles. The molecule has 0 aliphatic carbocycles. The zero-order valence-corrected chi connectivity index (χ0v) is 8.95. The summed E-state index contributed by atoms with van der Waals surface area (Å²) in [4.78, 5) is 0. The van der Waals surface area contributed by atoms with Crippen LogP contribution in [0.25, 0.3) is 0 Å². The van der Waals surface area contributed by atoms with Crippen molar-refractivity contribution in [2.45, 2.75) is 31.5 Å². The van der Waals surface area contributed by atoms with Crippen LogP contribution >= 0.6 is 0 Å². The minimum absolute atomic E-state index is 0.128. The Labute approximate surface area is 94.4 Å². The monoisotopic (exact) mass is 224 g/mol. The Hall–Kier alpha value is -0.940. The minimum atomic E-state index is -0.821. The van der Waals surface area contributed by atoms with Crippen molar-refractivity contribution in [1.29, 1.82) is 0 Å². The lowest BCUT2D eigenvalue weighted by Gasteiger charge is -2.16. The molecule has 1 aliphatic heterocycles. The van der Waals surface area contributed by atoms with Crippen molar-refractivity contribution in [3.05, 3.63) is 35.9 Å². The fraction of sp³-hybridized carbons (Fsp3) is 0.500. The summed E-state index contributed by atoms with van der Waals surface area (Å²) in [5.41, 5.74) is 1.07. The Bertz CT molecular complexity index is 314. The van der Waals surface area contributed by atoms with Gasteiger partial charge >= 0.3 is 0 Å². The summed E-state index contributed by atoms with van der Waals surface area (Å²) in [6, 6.07) is 9.78. The van der Waals surface area contributed by atoms with Crippen LogP contribution in [0.1, 0.15) is 12.0 Å². The first-order chi connectivity index (χ1) is 7.79. The number of aliphatic hydroxyl groups is 2. The van der Waals surface area contributed by atoms with Crippen LogP contribution in [0.2, 0.25) is 0 Å². The molecule has 1 heterocycles. The van der Waals surface area contributed by atoms with Crippen LogP contribution in [-0.2, 0) is 16.1 Å². The van der Waals surface area contributed by atoms with Gasteiger partial charge in [0.1, 0.15) is 6.10 Å². The first-order valence-electron chi connectivity index (χ1n) is 5.39. The smallest absolute Gasteiger partial charge is 0.157 e. The molecule has 0 saturated carbocycles. The fourth-order valence-electron chi connectivity index (χ4n) is 1.81. The fourth-order valence-corrected chi connectivity index (χ4v) is 1.81. The van der Waals surface area contributed by atoms with Gasteiger partial charge in [-0.25, -0.2) is 0 Å². The molecule has 0 radical (unpaired) electrons. The van der Waals surface area contributed by atoms with Crippen molar-refractivity contribution in [1.82, 2.24) is 0 Å². The number of aliphatic hydroxyl groups excluding tert-OH is 2. The predicted octanol–water partition coefficient (Wildman–Crippen LogP) is 0.671. The van der Waals surface area contributed by atoms with Crippen LogP contribution < -0.4 is 0 Å². The summed E-state index contributed by atoms with van der Waals surface area (Å²) in [5, 5.41) is 18.3. The van der Waals surface area contributed by atoms with E-state index in [4.69, 9.17) is 14.6 Å². The number of hydrogen-bond donors (Lipinski definition) is 2. The van der Waals surface area contributed by atoms with Gasteiger partial charge in [0, 0.05) is 6.42 Å². The molecule has 1 aromatic carbocycles. The quantitative estimate of drug-likeness (QED) is 0.789. The summed E-state index contributed by atoms with van der Waals surface area (Å²) in [5.74, 6) is 0. The largest absolute Gasteiger partial charge is 0.394 e. The van der Waals surface area contributed by atoms with Gasteiger partial charge in [-0.3, -0.25) is 0 Å². The van der Waals surface area contributed by atoms with Gasteiger partial charge in [0.25, 0.3) is 0 Å². The lowest BCUT2D eigenvalue weighted by Crippen LogP contribution is -2.27. The molecule has 2 N–H and O–H groups in total. The zero-order chi connectivity index (χ0) is 11.4. The van der Waals surface area contributed by atoms with Crippen molar-refractivity contribution in [2.75, 3.05) is 6.61 Å². The molecule has 0 amide bonds. The summed E-state index contributed by atoms with van der Waals surface area (Å²) < 4.78 is 10.7. The molecule has 1 fully saturated rings. The summed E-state index contributed by atoms with van der Waals surface area (Å²) >= 11 is 0. The minimum Gasteiger partial charge on any atom is -0.394 e. The van der Waals surface area contributed by atoms with Crippen molar-refractivity contribution < 1.29 is 19.7 Å². The van der Waals surface area contributed by atoms with Crippen LogP contribution in [0.3, 0.4) is 0 Å². The number of hydrogen-bond acceptors (Lipinski definition) is 4. The maximum atomic E-state index is 9.28. The molecular formula is C12H16O4. The van der Waals surface area contributed by atoms with E-state index in [1.54, 1.807) is 0 Å². The Morgan fingerprint density at radius 3 is 2.75 bits per heavy atom. The van der Waals surface area contributed by atoms with E-state index in [2.05, 4.69) is 0 Å². The number of ether oxygens (including phenoxy) is 2. The van der Waals surface area contributed by atoms with E-state index in [1.807, 2.05) is 30.3 Å². The van der Waals surface area contributed by atoms with Crippen LogP contribution in [0.4, 0.5) is 0 Å². The van der Waals surface area contributed by atoms with Crippen LogP contribution in [0, 0.1) is 0 Å². The Balaban J connectivity index is 1.86. The Morgan fingerprint density at radius 2 is 2.06 bits per heavy atom. The Kier molecular flexibility index (Phi) is 3.90. The van der Waals surface area contributed by atoms with E-state index in [9.17, 15) is 5.11 Å². The molecule has 88 valence electrons. The van der Waals surface area contributed by atoms with E-state index < -0.39 is 12.4 Å². The third kappa shape index (κ3) is 2.80. The van der Waals surface area contributed by atoms with Gasteiger partial charge < -0.3 is 19.7 Å². The van der Waals surface area contributed by atoms with Crippen molar-refractivity contribution in [2.24, 2.45) is 0 Å². The van der Waals surface area contributed by atoms with Gasteiger partial charge in [-0.2, -0.15) is 0 Å². The first-order valence-corrected chi connectivity index (χ1v) is 5.39. The molecule has 4 nitrogen and oxygen atoms in total. The SMILES string of the molecule is OC[C@H]1O[C@H](O)C[C@@H]1OCc1ccccc1. The third-order valence-electron chi connectivity index (χ3n) is 2.67. The van der Waals surface area contributed by atoms with Gasteiger partial charge in [-0.15, -0.1) is 0 Å². The Morgan fingerprint density at radius 1 is 1.31 bits per heavy atom. The highest BCUT2D eigenvalue weighted by Crippen LogP contribution is 2.22. The summed E-state index contributed by atoms with van der Waals surface area (Å²) in [6.45, 7) is 0.342. The molecule has 1 aliphatic rings. The average molecular weight is 224 g/mol. The third-order valence-corrected chi connectivity index (χ3v) is 2.67. The summed E-state index contributed by atoms with van der Waals surface area (Å²) in [6.07, 6.45) is -1.06. The molecule has 3 atom stereocenters. The van der Waals surface area contributed by atoms with Crippen LogP contribution in [0.5, 0.6) is 0 Å². The number of benzene rings is 1. The molecule has 1 aromatic rings. The maximum absolute atomic E-state index is 9.28. The van der Waals surface area contributed by atoms with Crippen molar-refractivity contribution in [3.8, 4) is 0 Å². The van der Waals surface area contributed by atoms with Gasteiger partial charge in [-0.1, -0.05) is 30.3 Å². The van der Waals surface area contributed by atoms with Crippen molar-refractivity contribution in [3.63, 3.8) is 0 Å². The molecule has 0 aromatic heterocycles. The van der Waals surface area contributed by atoms with Crippen LogP contribution in [-0.4, -0.2) is 35.3 Å². The summed E-state index contributed by atoms with van der Waals surface area (Å²) in [7, 11) is 0. The first kappa shape index (κ1) is 11.5. The molecule has 4 heteroatoms. The second-order valence-electron chi connectivity index (χ2n) is 3.88. The zero-order valence-electron chi connectivity index (χ0n) is 8.95. The molecule has 2 rings (SSSR count). The molecular weight excluding hydrogens is 208 g/mol. The molecule has 0 unspecified atom stereocenters. The second-order valence-corrected chi connectivity index (χ2v) is 3.88. The van der Waals surface area contributed by atoms with Crippen molar-refractivity contribution >= 4 is 0 Å². The van der Waals surface area contributed by atoms with E-state index in [1.165, 1.54) is 0 Å². The molecule has 16 heavy (non-hydrogen) atoms. The highest BCUT2D eigenvalue weighted by atomic mass is 16.6. The maximum Gasteiger partial charge on any atom is 0.157 e. The highest BCUT2D eigenvalue weighted by molar-refractivity contribution is 5.13. The second kappa shape index (κ2) is 5.41. The lowest BCUT2D eigenvalue weighted by atomic mass is 10.2. The topological polar surface area (TPSA) is 58.9 Å². The van der Waals surface area contributed by atoms with E-state index in [0.717, 1.165) is 5.56 Å². The van der Waals surface area contributed by atoms with E-state index in [-0.39, 0.29) is 12.7 Å². The van der Waals surface area contributed by atoms with Gasteiger partial charge in [0.2, 0.25) is 0 Å². The lowest BCUT2D eigenvalue weighted by molar-refractivity contribution is -0.112. The van der Waals surface area contributed by atoms with Gasteiger partial charge in [-0.05, 0) is 5.56 Å². The van der Waals surface area contributed by atoms with E-state index in [0.29, 0.717) is 13.0 Å². The molecule has 0 spiro atoms. The predicted molar refractivity (Wildman–Crippen MR) is 57.6 cm³/mol. The van der Waals surface area contributed by atoms with Crippen LogP contribution in [0.15, 0.2) is 30.3 Å².